The van der Waals surface area contributed by atoms with Crippen LogP contribution in [0.25, 0.3) is 17.0 Å². The van der Waals surface area contributed by atoms with Crippen molar-refractivity contribution in [1.82, 2.24) is 29.5 Å². The molecule has 10 nitrogen and oxygen atoms in total. The Morgan fingerprint density at radius 2 is 2.07 bits per heavy atom. The molecule has 4 rings (SSSR count). The summed E-state index contributed by atoms with van der Waals surface area (Å²) in [7, 11) is 1.56. The zero-order valence-corrected chi connectivity index (χ0v) is 16.6. The smallest absolute Gasteiger partial charge is 0.341 e. The van der Waals surface area contributed by atoms with Crippen molar-refractivity contribution < 1.29 is 19.0 Å². The van der Waals surface area contributed by atoms with E-state index in [-0.39, 0.29) is 0 Å². The maximum absolute atomic E-state index is 11.9. The van der Waals surface area contributed by atoms with Crippen LogP contribution in [0.15, 0.2) is 18.6 Å². The van der Waals surface area contributed by atoms with Gasteiger partial charge in [0, 0.05) is 26.0 Å². The number of ether oxygens (including phenoxy) is 3. The molecule has 0 amide bonds. The summed E-state index contributed by atoms with van der Waals surface area (Å²) in [6, 6.07) is 0. The van der Waals surface area contributed by atoms with Gasteiger partial charge in [0.2, 0.25) is 5.88 Å². The largest absolute Gasteiger partial charge is 0.479 e. The van der Waals surface area contributed by atoms with Crippen LogP contribution in [0.3, 0.4) is 0 Å². The number of hydrogen-bond acceptors (Lipinski definition) is 8. The molecule has 3 aromatic heterocycles. The predicted molar refractivity (Wildman–Crippen MR) is 103 cm³/mol. The van der Waals surface area contributed by atoms with Gasteiger partial charge >= 0.3 is 5.97 Å². The Hall–Kier alpha value is -3.01. The minimum Gasteiger partial charge on any atom is -0.479 e. The molecule has 0 atom stereocenters. The van der Waals surface area contributed by atoms with E-state index in [0.717, 1.165) is 44.5 Å². The molecule has 0 N–H and O–H groups in total. The van der Waals surface area contributed by atoms with E-state index in [9.17, 15) is 4.79 Å². The number of carbonyl (C=O) groups is 1. The summed E-state index contributed by atoms with van der Waals surface area (Å²) in [5.74, 6) is 0.920. The topological polar surface area (TPSA) is 106 Å². The number of nitrogens with zero attached hydrogens (tertiary/aromatic N) is 6. The van der Waals surface area contributed by atoms with Crippen LogP contribution in [0.4, 0.5) is 0 Å². The van der Waals surface area contributed by atoms with Crippen LogP contribution >= 0.6 is 0 Å². The van der Waals surface area contributed by atoms with E-state index < -0.39 is 5.97 Å². The molecule has 0 bridgehead atoms. The van der Waals surface area contributed by atoms with Crippen molar-refractivity contribution in [3.05, 3.63) is 24.2 Å². The van der Waals surface area contributed by atoms with Crippen LogP contribution in [0.1, 0.15) is 36.5 Å². The van der Waals surface area contributed by atoms with Gasteiger partial charge in [-0.15, -0.1) is 0 Å². The summed E-state index contributed by atoms with van der Waals surface area (Å²) < 4.78 is 19.2. The molecule has 0 spiro atoms. The lowest BCUT2D eigenvalue weighted by atomic mass is 9.97. The van der Waals surface area contributed by atoms with E-state index in [1.807, 2.05) is 4.68 Å². The van der Waals surface area contributed by atoms with Gasteiger partial charge in [-0.25, -0.2) is 14.5 Å². The molecule has 0 aliphatic carbocycles. The molecule has 1 aliphatic rings. The summed E-state index contributed by atoms with van der Waals surface area (Å²) >= 11 is 0. The van der Waals surface area contributed by atoms with Gasteiger partial charge in [0.05, 0.1) is 31.7 Å². The second-order valence-electron chi connectivity index (χ2n) is 6.87. The summed E-state index contributed by atoms with van der Waals surface area (Å²) in [5, 5.41) is 8.65. The fraction of sp³-hybridized carbons (Fsp3) is 0.526. The van der Waals surface area contributed by atoms with Gasteiger partial charge in [-0.3, -0.25) is 4.68 Å². The first-order valence-electron chi connectivity index (χ1n) is 9.77. The van der Waals surface area contributed by atoms with Gasteiger partial charge < -0.3 is 14.2 Å². The van der Waals surface area contributed by atoms with Crippen molar-refractivity contribution in [2.24, 2.45) is 5.92 Å². The molecule has 0 unspecified atom stereocenters. The lowest BCUT2D eigenvalue weighted by Gasteiger charge is -2.21. The Labute approximate surface area is 167 Å². The van der Waals surface area contributed by atoms with Gasteiger partial charge in [0.25, 0.3) is 5.95 Å². The number of aromatic nitrogens is 6. The molecule has 3 aromatic rings. The molecule has 1 aliphatic heterocycles. The first kappa shape index (κ1) is 19.3. The molecule has 0 saturated carbocycles. The molecule has 10 heteroatoms. The average Bonchev–Trinajstić information content (AvgIpc) is 3.40. The summed E-state index contributed by atoms with van der Waals surface area (Å²) in [6.45, 7) is 4.48. The molecule has 154 valence electrons. The highest BCUT2D eigenvalue weighted by Crippen LogP contribution is 2.25. The van der Waals surface area contributed by atoms with Crippen LogP contribution in [0, 0.1) is 5.92 Å². The van der Waals surface area contributed by atoms with Gasteiger partial charge in [-0.1, -0.05) is 0 Å². The molecular formula is C19H24N6O4. The Kier molecular flexibility index (Phi) is 5.70. The second kappa shape index (κ2) is 8.56. The van der Waals surface area contributed by atoms with Gasteiger partial charge in [-0.05, 0) is 32.1 Å². The summed E-state index contributed by atoms with van der Waals surface area (Å²) in [5.41, 5.74) is 1.75. The van der Waals surface area contributed by atoms with Crippen molar-refractivity contribution in [3.63, 3.8) is 0 Å². The Bertz CT molecular complexity index is 992. The quantitative estimate of drug-likeness (QED) is 0.555. The SMILES string of the molecule is CCOC(=O)c1cnn(-c2nc(OC)c3c(cnn3CCC3CCOCC3)n2)c1. The van der Waals surface area contributed by atoms with E-state index in [0.29, 0.717) is 35.4 Å². The number of fused-ring (bicyclic) bond motifs is 1. The lowest BCUT2D eigenvalue weighted by molar-refractivity contribution is 0.0526. The zero-order valence-electron chi connectivity index (χ0n) is 16.6. The molecule has 29 heavy (non-hydrogen) atoms. The average molecular weight is 400 g/mol. The van der Waals surface area contributed by atoms with Crippen molar-refractivity contribution in [2.75, 3.05) is 26.9 Å². The maximum atomic E-state index is 11.9. The van der Waals surface area contributed by atoms with Gasteiger partial charge in [0.1, 0.15) is 11.0 Å². The van der Waals surface area contributed by atoms with Crippen molar-refractivity contribution >= 4 is 17.0 Å². The molecule has 1 saturated heterocycles. The van der Waals surface area contributed by atoms with E-state index in [1.54, 1.807) is 20.2 Å². The molecule has 1 fully saturated rings. The third-order valence-corrected chi connectivity index (χ3v) is 5.03. The van der Waals surface area contributed by atoms with Crippen LogP contribution in [0.2, 0.25) is 0 Å². The third kappa shape index (κ3) is 4.07. The first-order valence-corrected chi connectivity index (χ1v) is 9.77. The molecule has 0 radical (unpaired) electrons. The normalized spacial score (nSPS) is 15.0. The van der Waals surface area contributed by atoms with Crippen molar-refractivity contribution in [1.29, 1.82) is 0 Å². The van der Waals surface area contributed by atoms with Gasteiger partial charge in [0.15, 0.2) is 0 Å². The Balaban J connectivity index is 1.59. The highest BCUT2D eigenvalue weighted by molar-refractivity contribution is 5.88. The fourth-order valence-electron chi connectivity index (χ4n) is 3.46. The fourth-order valence-corrected chi connectivity index (χ4v) is 3.46. The summed E-state index contributed by atoms with van der Waals surface area (Å²) in [6.07, 6.45) is 7.84. The van der Waals surface area contributed by atoms with Crippen LogP contribution in [-0.4, -0.2) is 62.4 Å². The summed E-state index contributed by atoms with van der Waals surface area (Å²) in [4.78, 5) is 20.9. The minimum atomic E-state index is -0.437. The monoisotopic (exact) mass is 400 g/mol. The van der Waals surface area contributed by atoms with E-state index in [2.05, 4.69) is 20.2 Å². The highest BCUT2D eigenvalue weighted by Gasteiger charge is 2.19. The Morgan fingerprint density at radius 3 is 2.83 bits per heavy atom. The van der Waals surface area contributed by atoms with Gasteiger partial charge in [-0.2, -0.15) is 15.2 Å². The number of hydrogen-bond donors (Lipinski definition) is 0. The minimum absolute atomic E-state index is 0.299. The van der Waals surface area contributed by atoms with Crippen LogP contribution in [-0.2, 0) is 16.0 Å². The number of rotatable bonds is 7. The third-order valence-electron chi connectivity index (χ3n) is 5.03. The van der Waals surface area contributed by atoms with Crippen LogP contribution < -0.4 is 4.74 Å². The van der Waals surface area contributed by atoms with Crippen LogP contribution in [0.5, 0.6) is 5.88 Å². The number of esters is 1. The lowest BCUT2D eigenvalue weighted by Crippen LogP contribution is -2.17. The molecular weight excluding hydrogens is 376 g/mol. The maximum Gasteiger partial charge on any atom is 0.341 e. The standard InChI is InChI=1S/C19H24N6O4/c1-3-29-18(26)14-10-20-25(12-14)19-22-15-11-21-24(16(15)17(23-19)27-2)7-4-13-5-8-28-9-6-13/h10-13H,3-9H2,1-2H3. The number of aryl methyl sites for hydroxylation is 1. The van der Waals surface area contributed by atoms with E-state index >= 15 is 0 Å². The number of methoxy groups -OCH3 is 1. The highest BCUT2D eigenvalue weighted by atomic mass is 16.5. The predicted octanol–water partition coefficient (Wildman–Crippen LogP) is 2.01. The molecule has 4 heterocycles. The van der Waals surface area contributed by atoms with E-state index in [4.69, 9.17) is 14.2 Å². The van der Waals surface area contributed by atoms with Crippen molar-refractivity contribution in [3.8, 4) is 11.8 Å². The second-order valence-corrected chi connectivity index (χ2v) is 6.87. The molecule has 0 aromatic carbocycles. The van der Waals surface area contributed by atoms with E-state index in [1.165, 1.54) is 17.1 Å². The number of carbonyl (C=O) groups excluding carboxylic acids is 1. The Morgan fingerprint density at radius 1 is 1.24 bits per heavy atom. The first-order chi connectivity index (χ1) is 14.2. The van der Waals surface area contributed by atoms with Crippen molar-refractivity contribution in [2.45, 2.75) is 32.7 Å². The zero-order chi connectivity index (χ0) is 20.2.